The molecule has 6 aliphatic rings. The average Bonchev–Trinajstić information content (AvgIpc) is 4.21. The van der Waals surface area contributed by atoms with Crippen LogP contribution in [0.25, 0.3) is 10.9 Å². The molecule has 63 heavy (non-hydrogen) atoms. The SMILES string of the molecule is C=C[C@H]1CC1(NC(=O)[C@@H]1C[C@@H]2CN1C(=O)[C@H](C1CCCCC1)NC(=O)OCC(C)(C)CCCc1cc3c(cc(N(C)C4CCCCC4)nc3cc1OC)O2)C(=O)NS(=O)(=O)C1CC1. The first kappa shape index (κ1) is 45.0. The van der Waals surface area contributed by atoms with Gasteiger partial charge in [0, 0.05) is 42.9 Å². The summed E-state index contributed by atoms with van der Waals surface area (Å²) in [7, 11) is -0.185. The number of fused-ring (bicyclic) bond motifs is 3. The van der Waals surface area contributed by atoms with Gasteiger partial charge in [-0.25, -0.2) is 18.2 Å². The Morgan fingerprint density at radius 2 is 1.73 bits per heavy atom. The fourth-order valence-corrected chi connectivity index (χ4v) is 11.8. The zero-order valence-electron chi connectivity index (χ0n) is 37.4. The summed E-state index contributed by atoms with van der Waals surface area (Å²) >= 11 is 0. The second-order valence-electron chi connectivity index (χ2n) is 19.8. The van der Waals surface area contributed by atoms with E-state index < -0.39 is 68.7 Å². The summed E-state index contributed by atoms with van der Waals surface area (Å²) < 4.78 is 46.8. The Hall–Kier alpha value is -4.60. The van der Waals surface area contributed by atoms with Crippen LogP contribution in [-0.2, 0) is 35.6 Å². The molecule has 2 aromatic rings. The van der Waals surface area contributed by atoms with E-state index in [1.165, 1.54) is 11.3 Å². The summed E-state index contributed by atoms with van der Waals surface area (Å²) in [6.07, 6.45) is 13.5. The zero-order chi connectivity index (χ0) is 44.7. The zero-order valence-corrected chi connectivity index (χ0v) is 38.2. The van der Waals surface area contributed by atoms with Crippen LogP contribution in [0.5, 0.6) is 11.5 Å². The van der Waals surface area contributed by atoms with Crippen molar-refractivity contribution in [2.75, 3.05) is 32.2 Å². The minimum Gasteiger partial charge on any atom is -0.496 e. The van der Waals surface area contributed by atoms with Crippen LogP contribution in [0.1, 0.15) is 122 Å². The lowest BCUT2D eigenvalue weighted by Crippen LogP contribution is -2.59. The molecule has 0 radical (unpaired) electrons. The van der Waals surface area contributed by atoms with E-state index in [0.29, 0.717) is 42.3 Å². The number of ether oxygens (including phenoxy) is 3. The second-order valence-corrected chi connectivity index (χ2v) is 21.8. The van der Waals surface area contributed by atoms with E-state index in [2.05, 4.69) is 53.8 Å². The number of carbonyl (C=O) groups is 4. The van der Waals surface area contributed by atoms with E-state index in [-0.39, 0.29) is 37.3 Å². The lowest BCUT2D eigenvalue weighted by molar-refractivity contribution is -0.142. The summed E-state index contributed by atoms with van der Waals surface area (Å²) in [5, 5.41) is 6.00. The van der Waals surface area contributed by atoms with Gasteiger partial charge in [-0.2, -0.15) is 0 Å². The van der Waals surface area contributed by atoms with Gasteiger partial charge < -0.3 is 34.6 Å². The Morgan fingerprint density at radius 3 is 2.40 bits per heavy atom. The van der Waals surface area contributed by atoms with Crippen LogP contribution in [0.4, 0.5) is 10.6 Å². The summed E-state index contributed by atoms with van der Waals surface area (Å²) in [6, 6.07) is 4.23. The minimum absolute atomic E-state index is 0.0185. The van der Waals surface area contributed by atoms with Gasteiger partial charge in [-0.05, 0) is 87.2 Å². The molecule has 8 rings (SSSR count). The van der Waals surface area contributed by atoms with Crippen LogP contribution in [-0.4, -0.2) is 104 Å². The molecule has 4 saturated carbocycles. The largest absolute Gasteiger partial charge is 0.496 e. The van der Waals surface area contributed by atoms with Crippen molar-refractivity contribution in [1.82, 2.24) is 25.2 Å². The van der Waals surface area contributed by atoms with Gasteiger partial charge in [0.25, 0.3) is 5.91 Å². The molecule has 1 unspecified atom stereocenters. The molecule has 2 aliphatic heterocycles. The highest BCUT2D eigenvalue weighted by Crippen LogP contribution is 2.46. The molecule has 5 atom stereocenters. The van der Waals surface area contributed by atoms with E-state index >= 15 is 4.79 Å². The van der Waals surface area contributed by atoms with Crippen molar-refractivity contribution in [2.24, 2.45) is 17.3 Å². The number of amides is 4. The van der Waals surface area contributed by atoms with Gasteiger partial charge in [0.15, 0.2) is 0 Å². The number of methoxy groups -OCH3 is 1. The van der Waals surface area contributed by atoms with E-state index in [0.717, 1.165) is 87.4 Å². The van der Waals surface area contributed by atoms with Crippen LogP contribution in [0.3, 0.4) is 0 Å². The molecular formula is C47H66N6O9S. The molecule has 344 valence electrons. The number of alkyl carbamates (subject to hydrolysis) is 1. The Bertz CT molecular complexity index is 2200. The van der Waals surface area contributed by atoms with Crippen LogP contribution >= 0.6 is 0 Å². The molecule has 16 heteroatoms. The number of nitrogens with one attached hydrogen (secondary N) is 3. The van der Waals surface area contributed by atoms with Crippen LogP contribution < -0.4 is 29.7 Å². The Morgan fingerprint density at radius 1 is 1.02 bits per heavy atom. The number of anilines is 1. The lowest BCUT2D eigenvalue weighted by atomic mass is 9.83. The third kappa shape index (κ3) is 9.75. The third-order valence-electron chi connectivity index (χ3n) is 14.6. The lowest BCUT2D eigenvalue weighted by Gasteiger charge is -2.35. The Balaban J connectivity index is 1.18. The first-order valence-electron chi connectivity index (χ1n) is 23.3. The quantitative estimate of drug-likeness (QED) is 0.235. The highest BCUT2D eigenvalue weighted by atomic mass is 32.2. The van der Waals surface area contributed by atoms with Crippen LogP contribution in [0.2, 0.25) is 0 Å². The van der Waals surface area contributed by atoms with Gasteiger partial charge in [0.2, 0.25) is 21.8 Å². The van der Waals surface area contributed by atoms with Crippen LogP contribution in [0, 0.1) is 17.3 Å². The molecule has 4 bridgehead atoms. The molecule has 3 heterocycles. The standard InChI is InChI=1S/C47H66N6O9S/c1-6-31-26-47(31,44(56)51-63(58,59)34-19-20-34)50-42(54)37-23-33-27-53(37)43(55)41(29-14-9-7-10-15-29)49-45(57)61-28-46(2,3)21-13-16-30-22-35-36(24-38(30)60-5)48-40(25-39(35)62-33)52(4)32-17-11-8-12-18-32/h6,22,24-25,29,31-34,37,41H,1,7-21,23,26-28H2,2-5H3,(H,49,57)(H,50,54)(H,51,56)/t31-,33+,37-,41-,47?/m0/s1. The predicted octanol–water partition coefficient (Wildman–Crippen LogP) is 6.07. The average molecular weight is 891 g/mol. The Kier molecular flexibility index (Phi) is 12.9. The number of cyclic esters (lactones) is 1. The normalized spacial score (nSPS) is 28.5. The number of benzene rings is 1. The number of sulfonamides is 1. The number of rotatable bonds is 10. The molecule has 4 aliphatic carbocycles. The molecule has 3 N–H and O–H groups in total. The number of nitrogens with zero attached hydrogens (tertiary/aromatic N) is 3. The molecule has 1 saturated heterocycles. The van der Waals surface area contributed by atoms with Gasteiger partial charge in [0.1, 0.15) is 41.0 Å². The first-order chi connectivity index (χ1) is 30.1. The maximum Gasteiger partial charge on any atom is 0.407 e. The van der Waals surface area contributed by atoms with E-state index in [1.807, 2.05) is 12.1 Å². The molecule has 1 aromatic heterocycles. The van der Waals surface area contributed by atoms with Gasteiger partial charge >= 0.3 is 6.09 Å². The van der Waals surface area contributed by atoms with Crippen molar-refractivity contribution in [3.8, 4) is 11.5 Å². The van der Waals surface area contributed by atoms with Crippen molar-refractivity contribution >= 4 is 50.6 Å². The van der Waals surface area contributed by atoms with Crippen molar-refractivity contribution in [2.45, 2.75) is 158 Å². The summed E-state index contributed by atoms with van der Waals surface area (Å²) in [6.45, 7) is 8.12. The predicted molar refractivity (Wildman–Crippen MR) is 239 cm³/mol. The number of aryl methyl sites for hydroxylation is 1. The maximum absolute atomic E-state index is 15.1. The molecule has 5 fully saturated rings. The number of hydrogen-bond donors (Lipinski definition) is 3. The summed E-state index contributed by atoms with van der Waals surface area (Å²) in [5.74, 6) is -0.518. The first-order valence-corrected chi connectivity index (χ1v) is 24.8. The maximum atomic E-state index is 15.1. The minimum atomic E-state index is -3.91. The van der Waals surface area contributed by atoms with E-state index in [9.17, 15) is 22.8 Å². The molecule has 4 amide bonds. The molecular weight excluding hydrogens is 825 g/mol. The number of hydrogen-bond acceptors (Lipinski definition) is 11. The van der Waals surface area contributed by atoms with E-state index in [1.54, 1.807) is 13.2 Å². The number of pyridine rings is 1. The van der Waals surface area contributed by atoms with Crippen molar-refractivity contribution in [3.05, 3.63) is 36.4 Å². The summed E-state index contributed by atoms with van der Waals surface area (Å²) in [5.41, 5.74) is -0.241. The van der Waals surface area contributed by atoms with Gasteiger partial charge in [-0.15, -0.1) is 6.58 Å². The van der Waals surface area contributed by atoms with Gasteiger partial charge in [-0.1, -0.05) is 58.4 Å². The van der Waals surface area contributed by atoms with Gasteiger partial charge in [0.05, 0.1) is 31.0 Å². The van der Waals surface area contributed by atoms with Crippen LogP contribution in [0.15, 0.2) is 30.9 Å². The summed E-state index contributed by atoms with van der Waals surface area (Å²) in [4.78, 5) is 66.2. The fraction of sp³-hybridized carbons (Fsp3) is 0.681. The second kappa shape index (κ2) is 18.1. The molecule has 0 spiro atoms. The highest BCUT2D eigenvalue weighted by Gasteiger charge is 2.62. The molecule has 1 aromatic carbocycles. The monoisotopic (exact) mass is 890 g/mol. The molecule has 15 nitrogen and oxygen atoms in total. The number of aromatic nitrogens is 1. The van der Waals surface area contributed by atoms with Crippen molar-refractivity contribution in [3.63, 3.8) is 0 Å². The Labute approximate surface area is 371 Å². The van der Waals surface area contributed by atoms with E-state index in [4.69, 9.17) is 19.2 Å². The smallest absolute Gasteiger partial charge is 0.407 e. The fourth-order valence-electron chi connectivity index (χ4n) is 10.4. The van der Waals surface area contributed by atoms with Crippen molar-refractivity contribution < 1.29 is 41.8 Å². The number of carbonyl (C=O) groups excluding carboxylic acids is 4. The highest BCUT2D eigenvalue weighted by molar-refractivity contribution is 7.91. The van der Waals surface area contributed by atoms with Crippen molar-refractivity contribution in [1.29, 1.82) is 0 Å². The topological polar surface area (TPSA) is 186 Å². The third-order valence-corrected chi connectivity index (χ3v) is 16.4. The van der Waals surface area contributed by atoms with Gasteiger partial charge in [-0.3, -0.25) is 19.1 Å².